The van der Waals surface area contributed by atoms with Gasteiger partial charge in [-0.05, 0) is 36.8 Å². The Morgan fingerprint density at radius 2 is 1.79 bits per heavy atom. The third-order valence-corrected chi connectivity index (χ3v) is 4.06. The van der Waals surface area contributed by atoms with Crippen molar-refractivity contribution in [2.24, 2.45) is 0 Å². The summed E-state index contributed by atoms with van der Waals surface area (Å²) in [5.41, 5.74) is 1.86. The molecular weight excluding hydrogens is 343 g/mol. The van der Waals surface area contributed by atoms with E-state index in [0.717, 1.165) is 5.56 Å². The Morgan fingerprint density at radius 1 is 1.00 bits per heavy atom. The summed E-state index contributed by atoms with van der Waals surface area (Å²) in [5.74, 6) is 1.17. The first-order valence-electron chi connectivity index (χ1n) is 7.48. The van der Waals surface area contributed by atoms with Gasteiger partial charge in [0.1, 0.15) is 5.82 Å². The van der Waals surface area contributed by atoms with E-state index >= 15 is 0 Å². The highest BCUT2D eigenvalue weighted by Crippen LogP contribution is 2.28. The van der Waals surface area contributed by atoms with E-state index in [0.29, 0.717) is 27.5 Å². The van der Waals surface area contributed by atoms with Gasteiger partial charge in [-0.2, -0.15) is 4.98 Å². The lowest BCUT2D eigenvalue weighted by molar-refractivity contribution is 0.861. The Kier molecular flexibility index (Phi) is 5.18. The van der Waals surface area contributed by atoms with Crippen LogP contribution in [0.15, 0.2) is 60.8 Å². The highest BCUT2D eigenvalue weighted by atomic mass is 35.5. The lowest BCUT2D eigenvalue weighted by atomic mass is 10.1. The topological polar surface area (TPSA) is 49.8 Å². The molecule has 0 aliphatic heterocycles. The summed E-state index contributed by atoms with van der Waals surface area (Å²) in [7, 11) is 0. The van der Waals surface area contributed by atoms with Gasteiger partial charge in [-0.1, -0.05) is 53.5 Å². The number of hydrogen-bond donors (Lipinski definition) is 2. The molecule has 0 spiro atoms. The Morgan fingerprint density at radius 3 is 2.58 bits per heavy atom. The molecule has 122 valence electrons. The molecular formula is C18H16Cl2N4. The molecule has 2 aromatic carbocycles. The van der Waals surface area contributed by atoms with E-state index in [9.17, 15) is 0 Å². The van der Waals surface area contributed by atoms with Crippen molar-refractivity contribution in [2.75, 3.05) is 10.6 Å². The molecule has 0 amide bonds. The molecule has 0 aliphatic carbocycles. The zero-order chi connectivity index (χ0) is 16.9. The fraction of sp³-hybridized carbons (Fsp3) is 0.111. The van der Waals surface area contributed by atoms with Gasteiger partial charge >= 0.3 is 0 Å². The van der Waals surface area contributed by atoms with Crippen molar-refractivity contribution in [3.8, 4) is 0 Å². The van der Waals surface area contributed by atoms with Gasteiger partial charge in [0.05, 0.1) is 16.8 Å². The summed E-state index contributed by atoms with van der Waals surface area (Å²) in [6.45, 7) is 2.06. The molecule has 1 atom stereocenters. The van der Waals surface area contributed by atoms with Crippen LogP contribution in [0.3, 0.4) is 0 Å². The van der Waals surface area contributed by atoms with Crippen LogP contribution in [-0.4, -0.2) is 9.97 Å². The van der Waals surface area contributed by atoms with Crippen LogP contribution in [0.2, 0.25) is 10.0 Å². The third-order valence-electron chi connectivity index (χ3n) is 3.49. The zero-order valence-electron chi connectivity index (χ0n) is 13.0. The Balaban J connectivity index is 1.76. The number of aromatic nitrogens is 2. The number of nitrogens with one attached hydrogen (secondary N) is 2. The van der Waals surface area contributed by atoms with Crippen molar-refractivity contribution in [3.63, 3.8) is 0 Å². The van der Waals surface area contributed by atoms with E-state index in [1.165, 1.54) is 0 Å². The summed E-state index contributed by atoms with van der Waals surface area (Å²) in [6, 6.07) is 17.2. The van der Waals surface area contributed by atoms with Crippen LogP contribution >= 0.6 is 23.2 Å². The van der Waals surface area contributed by atoms with E-state index in [-0.39, 0.29) is 6.04 Å². The highest BCUT2D eigenvalue weighted by Gasteiger charge is 2.08. The summed E-state index contributed by atoms with van der Waals surface area (Å²) < 4.78 is 0. The van der Waals surface area contributed by atoms with Gasteiger partial charge in [0, 0.05) is 11.2 Å². The van der Waals surface area contributed by atoms with Crippen LogP contribution in [0.1, 0.15) is 18.5 Å². The lowest BCUT2D eigenvalue weighted by Crippen LogP contribution is -2.10. The van der Waals surface area contributed by atoms with Gasteiger partial charge in [-0.15, -0.1) is 0 Å². The van der Waals surface area contributed by atoms with Gasteiger partial charge in [0.2, 0.25) is 5.95 Å². The smallest absolute Gasteiger partial charge is 0.225 e. The number of hydrogen-bond acceptors (Lipinski definition) is 4. The van der Waals surface area contributed by atoms with E-state index < -0.39 is 0 Å². The number of anilines is 3. The molecule has 1 unspecified atom stereocenters. The molecule has 2 N–H and O–H groups in total. The first kappa shape index (κ1) is 16.6. The maximum atomic E-state index is 6.17. The minimum atomic E-state index is 0.0937. The van der Waals surface area contributed by atoms with E-state index in [1.54, 1.807) is 30.5 Å². The number of halogens is 2. The molecule has 4 nitrogen and oxygen atoms in total. The molecule has 1 heterocycles. The minimum Gasteiger partial charge on any atom is -0.348 e. The summed E-state index contributed by atoms with van der Waals surface area (Å²) >= 11 is 12.2. The van der Waals surface area contributed by atoms with Gasteiger partial charge in [0.25, 0.3) is 0 Å². The predicted molar refractivity (Wildman–Crippen MR) is 100 cm³/mol. The fourth-order valence-corrected chi connectivity index (χ4v) is 2.58. The predicted octanol–water partition coefficient (Wildman–Crippen LogP) is 5.70. The average molecular weight is 359 g/mol. The van der Waals surface area contributed by atoms with Crippen LogP contribution in [0.25, 0.3) is 0 Å². The molecule has 3 rings (SSSR count). The van der Waals surface area contributed by atoms with Crippen LogP contribution in [-0.2, 0) is 0 Å². The van der Waals surface area contributed by atoms with E-state index in [2.05, 4.69) is 39.7 Å². The molecule has 0 saturated carbocycles. The quantitative estimate of drug-likeness (QED) is 0.614. The van der Waals surface area contributed by atoms with E-state index in [1.807, 2.05) is 18.2 Å². The molecule has 3 aromatic rings. The molecule has 6 heteroatoms. The summed E-state index contributed by atoms with van der Waals surface area (Å²) in [5, 5.41) is 7.63. The van der Waals surface area contributed by atoms with Crippen molar-refractivity contribution < 1.29 is 0 Å². The van der Waals surface area contributed by atoms with E-state index in [4.69, 9.17) is 23.2 Å². The molecule has 0 saturated heterocycles. The first-order valence-corrected chi connectivity index (χ1v) is 8.24. The van der Waals surface area contributed by atoms with Crippen LogP contribution < -0.4 is 10.6 Å². The van der Waals surface area contributed by atoms with Crippen molar-refractivity contribution >= 4 is 40.7 Å². The van der Waals surface area contributed by atoms with Gasteiger partial charge < -0.3 is 10.6 Å². The van der Waals surface area contributed by atoms with Crippen LogP contribution in [0.5, 0.6) is 0 Å². The van der Waals surface area contributed by atoms with Gasteiger partial charge in [-0.3, -0.25) is 0 Å². The average Bonchev–Trinajstić information content (AvgIpc) is 2.59. The molecule has 1 aromatic heterocycles. The maximum absolute atomic E-state index is 6.17. The SMILES string of the molecule is CC(Nc1nccc(Nc2cc(Cl)ccc2Cl)n1)c1ccccc1. The Labute approximate surface area is 150 Å². The molecule has 0 bridgehead atoms. The van der Waals surface area contributed by atoms with Gasteiger partial charge in [0.15, 0.2) is 0 Å². The molecule has 0 radical (unpaired) electrons. The third kappa shape index (κ3) is 4.16. The second kappa shape index (κ2) is 7.51. The van der Waals surface area contributed by atoms with Crippen LogP contribution in [0.4, 0.5) is 17.5 Å². The number of rotatable bonds is 5. The molecule has 24 heavy (non-hydrogen) atoms. The summed E-state index contributed by atoms with van der Waals surface area (Å²) in [6.07, 6.45) is 1.69. The van der Waals surface area contributed by atoms with Crippen molar-refractivity contribution in [3.05, 3.63) is 76.4 Å². The van der Waals surface area contributed by atoms with Gasteiger partial charge in [-0.25, -0.2) is 4.98 Å². The Hall–Kier alpha value is -2.30. The standard InChI is InChI=1S/C18H16Cl2N4/c1-12(13-5-3-2-4-6-13)22-18-21-10-9-17(24-18)23-16-11-14(19)7-8-15(16)20/h2-12H,1H3,(H2,21,22,23,24). The Bertz CT molecular complexity index is 824. The molecule has 0 fully saturated rings. The second-order valence-corrected chi connectivity index (χ2v) is 6.14. The van der Waals surface area contributed by atoms with Crippen LogP contribution in [0, 0.1) is 0 Å². The molecule has 0 aliphatic rings. The number of benzene rings is 2. The monoisotopic (exact) mass is 358 g/mol. The van der Waals surface area contributed by atoms with Crippen molar-refractivity contribution in [2.45, 2.75) is 13.0 Å². The van der Waals surface area contributed by atoms with Crippen molar-refractivity contribution in [1.82, 2.24) is 9.97 Å². The maximum Gasteiger partial charge on any atom is 0.225 e. The summed E-state index contributed by atoms with van der Waals surface area (Å²) in [4.78, 5) is 8.73. The number of nitrogens with zero attached hydrogens (tertiary/aromatic N) is 2. The first-order chi connectivity index (χ1) is 11.6. The normalized spacial score (nSPS) is 11.8. The lowest BCUT2D eigenvalue weighted by Gasteiger charge is -2.15. The minimum absolute atomic E-state index is 0.0937. The largest absolute Gasteiger partial charge is 0.348 e. The zero-order valence-corrected chi connectivity index (χ0v) is 14.5. The fourth-order valence-electron chi connectivity index (χ4n) is 2.25. The highest BCUT2D eigenvalue weighted by molar-refractivity contribution is 6.35. The second-order valence-electron chi connectivity index (χ2n) is 5.29. The van der Waals surface area contributed by atoms with Crippen molar-refractivity contribution in [1.29, 1.82) is 0 Å².